The van der Waals surface area contributed by atoms with Crippen molar-refractivity contribution in [3.8, 4) is 0 Å². The summed E-state index contributed by atoms with van der Waals surface area (Å²) >= 11 is 1.75. The lowest BCUT2D eigenvalue weighted by molar-refractivity contribution is 0.494. The first-order chi connectivity index (χ1) is 9.58. The van der Waals surface area contributed by atoms with Crippen LogP contribution in [0.5, 0.6) is 0 Å². The van der Waals surface area contributed by atoms with Crippen LogP contribution in [0.2, 0.25) is 0 Å². The molecule has 5 heteroatoms. The highest BCUT2D eigenvalue weighted by atomic mass is 32.1. The Labute approximate surface area is 125 Å². The fraction of sp³-hybridized carbons (Fsp3) is 0.600. The quantitative estimate of drug-likeness (QED) is 0.853. The molecule has 2 heterocycles. The minimum Gasteiger partial charge on any atom is -0.313 e. The Morgan fingerprint density at radius 2 is 2.15 bits per heavy atom. The number of hydrogen-bond donors (Lipinski definition) is 1. The van der Waals surface area contributed by atoms with Gasteiger partial charge in [0.05, 0.1) is 10.7 Å². The standard InChI is InChI=1S/C15H24N4S/c1-5-16-14(9-15-17-12(4)10-20-15)8-13-6-7-19(18-13)11(2)3/h6-7,10-11,14,16H,5,8-9H2,1-4H3. The fourth-order valence-corrected chi connectivity index (χ4v) is 3.09. The van der Waals surface area contributed by atoms with E-state index in [0.717, 1.165) is 30.8 Å². The summed E-state index contributed by atoms with van der Waals surface area (Å²) in [6.07, 6.45) is 3.99. The molecule has 2 aromatic rings. The van der Waals surface area contributed by atoms with Gasteiger partial charge in [0.1, 0.15) is 0 Å². The molecule has 0 aliphatic heterocycles. The number of aryl methyl sites for hydroxylation is 1. The van der Waals surface area contributed by atoms with Gasteiger partial charge >= 0.3 is 0 Å². The van der Waals surface area contributed by atoms with Gasteiger partial charge in [-0.2, -0.15) is 5.10 Å². The van der Waals surface area contributed by atoms with Crippen molar-refractivity contribution in [2.45, 2.75) is 52.6 Å². The summed E-state index contributed by atoms with van der Waals surface area (Å²) in [5, 5.41) is 11.5. The van der Waals surface area contributed by atoms with Gasteiger partial charge in [-0.25, -0.2) is 4.98 Å². The zero-order chi connectivity index (χ0) is 14.5. The Bertz CT molecular complexity index is 529. The Balaban J connectivity index is 2.00. The summed E-state index contributed by atoms with van der Waals surface area (Å²) in [4.78, 5) is 4.56. The number of nitrogens with zero attached hydrogens (tertiary/aromatic N) is 3. The third kappa shape index (κ3) is 4.15. The fourth-order valence-electron chi connectivity index (χ4n) is 2.24. The molecule has 0 saturated heterocycles. The number of hydrogen-bond acceptors (Lipinski definition) is 4. The molecule has 1 unspecified atom stereocenters. The van der Waals surface area contributed by atoms with E-state index in [1.54, 1.807) is 11.3 Å². The molecular weight excluding hydrogens is 268 g/mol. The van der Waals surface area contributed by atoms with Crippen molar-refractivity contribution in [1.82, 2.24) is 20.1 Å². The summed E-state index contributed by atoms with van der Waals surface area (Å²) in [6, 6.07) is 2.95. The lowest BCUT2D eigenvalue weighted by atomic mass is 10.1. The number of aromatic nitrogens is 3. The molecule has 4 nitrogen and oxygen atoms in total. The normalized spacial score (nSPS) is 13.1. The van der Waals surface area contributed by atoms with E-state index in [-0.39, 0.29) is 0 Å². The summed E-state index contributed by atoms with van der Waals surface area (Å²) < 4.78 is 2.02. The van der Waals surface area contributed by atoms with Gasteiger partial charge in [-0.1, -0.05) is 6.92 Å². The average molecular weight is 292 g/mol. The van der Waals surface area contributed by atoms with E-state index >= 15 is 0 Å². The molecule has 0 aliphatic carbocycles. The smallest absolute Gasteiger partial charge is 0.0943 e. The van der Waals surface area contributed by atoms with E-state index in [1.807, 2.05) is 11.6 Å². The maximum absolute atomic E-state index is 4.64. The first kappa shape index (κ1) is 15.2. The first-order valence-electron chi connectivity index (χ1n) is 7.27. The van der Waals surface area contributed by atoms with Crippen LogP contribution in [0.3, 0.4) is 0 Å². The second kappa shape index (κ2) is 6.99. The number of rotatable bonds is 7. The van der Waals surface area contributed by atoms with E-state index < -0.39 is 0 Å². The predicted octanol–water partition coefficient (Wildman–Crippen LogP) is 2.99. The van der Waals surface area contributed by atoms with Gasteiger partial charge in [0.15, 0.2) is 0 Å². The molecule has 2 rings (SSSR count). The molecule has 0 radical (unpaired) electrons. The summed E-state index contributed by atoms with van der Waals surface area (Å²) in [5.41, 5.74) is 2.27. The van der Waals surface area contributed by atoms with Gasteiger partial charge in [-0.15, -0.1) is 11.3 Å². The van der Waals surface area contributed by atoms with E-state index in [1.165, 1.54) is 5.01 Å². The number of likely N-dealkylation sites (N-methyl/N-ethyl adjacent to an activating group) is 1. The Kier molecular flexibility index (Phi) is 5.31. The molecule has 1 N–H and O–H groups in total. The second-order valence-corrected chi connectivity index (χ2v) is 6.37. The molecule has 0 fully saturated rings. The number of nitrogens with one attached hydrogen (secondary N) is 1. The second-order valence-electron chi connectivity index (χ2n) is 5.43. The Morgan fingerprint density at radius 3 is 2.70 bits per heavy atom. The SMILES string of the molecule is CCNC(Cc1ccn(C(C)C)n1)Cc1nc(C)cs1. The highest BCUT2D eigenvalue weighted by molar-refractivity contribution is 7.09. The topological polar surface area (TPSA) is 42.7 Å². The molecule has 1 atom stereocenters. The van der Waals surface area contributed by atoms with Gasteiger partial charge in [0.25, 0.3) is 0 Å². The first-order valence-corrected chi connectivity index (χ1v) is 8.15. The van der Waals surface area contributed by atoms with Gasteiger partial charge in [0.2, 0.25) is 0 Å². The highest BCUT2D eigenvalue weighted by Gasteiger charge is 2.13. The zero-order valence-corrected chi connectivity index (χ0v) is 13.6. The molecular formula is C15H24N4S. The zero-order valence-electron chi connectivity index (χ0n) is 12.8. The lowest BCUT2D eigenvalue weighted by Gasteiger charge is -2.15. The van der Waals surface area contributed by atoms with Crippen molar-refractivity contribution >= 4 is 11.3 Å². The van der Waals surface area contributed by atoms with Crippen molar-refractivity contribution in [1.29, 1.82) is 0 Å². The van der Waals surface area contributed by atoms with Crippen molar-refractivity contribution in [3.63, 3.8) is 0 Å². The molecule has 0 saturated carbocycles. The predicted molar refractivity (Wildman–Crippen MR) is 84.3 cm³/mol. The molecule has 0 amide bonds. The molecule has 2 aromatic heterocycles. The Hall–Kier alpha value is -1.20. The van der Waals surface area contributed by atoms with Crippen LogP contribution in [0.15, 0.2) is 17.6 Å². The summed E-state index contributed by atoms with van der Waals surface area (Å²) in [6.45, 7) is 9.47. The van der Waals surface area contributed by atoms with Crippen molar-refractivity contribution in [3.05, 3.63) is 34.0 Å². The van der Waals surface area contributed by atoms with Crippen LogP contribution in [-0.2, 0) is 12.8 Å². The molecule has 0 aliphatic rings. The minimum atomic E-state index is 0.404. The van der Waals surface area contributed by atoms with Gasteiger partial charge in [-0.05, 0) is 33.4 Å². The van der Waals surface area contributed by atoms with Crippen LogP contribution in [0, 0.1) is 6.92 Å². The number of thiazole rings is 1. The van der Waals surface area contributed by atoms with Crippen molar-refractivity contribution < 1.29 is 0 Å². The molecule has 20 heavy (non-hydrogen) atoms. The third-order valence-corrected chi connectivity index (χ3v) is 4.22. The molecule has 0 aromatic carbocycles. The van der Waals surface area contributed by atoms with Crippen LogP contribution in [-0.4, -0.2) is 27.4 Å². The average Bonchev–Trinajstić information content (AvgIpc) is 2.99. The van der Waals surface area contributed by atoms with Crippen LogP contribution < -0.4 is 5.32 Å². The third-order valence-electron chi connectivity index (χ3n) is 3.23. The van der Waals surface area contributed by atoms with E-state index in [0.29, 0.717) is 12.1 Å². The summed E-state index contributed by atoms with van der Waals surface area (Å²) in [5.74, 6) is 0. The van der Waals surface area contributed by atoms with Crippen LogP contribution in [0.4, 0.5) is 0 Å². The largest absolute Gasteiger partial charge is 0.313 e. The van der Waals surface area contributed by atoms with Crippen molar-refractivity contribution in [2.75, 3.05) is 6.54 Å². The van der Waals surface area contributed by atoms with Crippen LogP contribution in [0.25, 0.3) is 0 Å². The van der Waals surface area contributed by atoms with E-state index in [2.05, 4.69) is 53.8 Å². The van der Waals surface area contributed by atoms with Crippen LogP contribution >= 0.6 is 11.3 Å². The molecule has 0 spiro atoms. The van der Waals surface area contributed by atoms with E-state index in [4.69, 9.17) is 0 Å². The van der Waals surface area contributed by atoms with Crippen LogP contribution in [0.1, 0.15) is 43.2 Å². The van der Waals surface area contributed by atoms with Gasteiger partial charge < -0.3 is 5.32 Å². The van der Waals surface area contributed by atoms with Gasteiger partial charge in [0, 0.05) is 42.2 Å². The van der Waals surface area contributed by atoms with Crippen molar-refractivity contribution in [2.24, 2.45) is 0 Å². The minimum absolute atomic E-state index is 0.404. The lowest BCUT2D eigenvalue weighted by Crippen LogP contribution is -2.33. The Morgan fingerprint density at radius 1 is 1.35 bits per heavy atom. The maximum Gasteiger partial charge on any atom is 0.0943 e. The van der Waals surface area contributed by atoms with E-state index in [9.17, 15) is 0 Å². The monoisotopic (exact) mass is 292 g/mol. The molecule has 0 bridgehead atoms. The van der Waals surface area contributed by atoms with Gasteiger partial charge in [-0.3, -0.25) is 4.68 Å². The highest BCUT2D eigenvalue weighted by Crippen LogP contribution is 2.14. The summed E-state index contributed by atoms with van der Waals surface area (Å²) in [7, 11) is 0. The maximum atomic E-state index is 4.64. The molecule has 110 valence electrons.